The Kier molecular flexibility index (Phi) is 2.77. The molecule has 0 aromatic carbocycles. The number of rotatable bonds is 1. The van der Waals surface area contributed by atoms with E-state index in [0.29, 0.717) is 5.92 Å². The van der Waals surface area contributed by atoms with Gasteiger partial charge in [0.15, 0.2) is 0 Å². The van der Waals surface area contributed by atoms with Gasteiger partial charge in [-0.25, -0.2) is 4.21 Å². The highest BCUT2D eigenvalue weighted by Crippen LogP contribution is 2.40. The molecule has 0 spiro atoms. The summed E-state index contributed by atoms with van der Waals surface area (Å²) in [6.07, 6.45) is 4.73. The van der Waals surface area contributed by atoms with Gasteiger partial charge in [-0.3, -0.25) is 4.78 Å². The monoisotopic (exact) mass is 203 g/mol. The van der Waals surface area contributed by atoms with Gasteiger partial charge >= 0.3 is 0 Å². The Morgan fingerprint density at radius 1 is 1.38 bits per heavy atom. The van der Waals surface area contributed by atoms with E-state index in [0.717, 1.165) is 12.8 Å². The van der Waals surface area contributed by atoms with Gasteiger partial charge in [-0.15, -0.1) is 0 Å². The van der Waals surface area contributed by atoms with Crippen LogP contribution in [0.3, 0.4) is 0 Å². The molecule has 1 aliphatic rings. The second kappa shape index (κ2) is 3.26. The van der Waals surface area contributed by atoms with Gasteiger partial charge in [0.2, 0.25) is 0 Å². The second-order valence-electron chi connectivity index (χ2n) is 5.44. The molecule has 2 nitrogen and oxygen atoms in total. The van der Waals surface area contributed by atoms with Crippen LogP contribution in [0.4, 0.5) is 0 Å². The largest absolute Gasteiger partial charge is 0.253 e. The van der Waals surface area contributed by atoms with Crippen molar-refractivity contribution in [2.45, 2.75) is 45.3 Å². The van der Waals surface area contributed by atoms with Crippen molar-refractivity contribution in [1.29, 1.82) is 4.78 Å². The highest BCUT2D eigenvalue weighted by atomic mass is 32.2. The zero-order chi connectivity index (χ0) is 10.3. The lowest BCUT2D eigenvalue weighted by Crippen LogP contribution is -2.34. The molecule has 0 amide bonds. The summed E-state index contributed by atoms with van der Waals surface area (Å²) < 4.78 is 19.3. The normalized spacial score (nSPS) is 38.2. The maximum Gasteiger partial charge on any atom is 0.0441 e. The molecule has 78 valence electrons. The van der Waals surface area contributed by atoms with E-state index in [1.807, 2.05) is 0 Å². The van der Waals surface area contributed by atoms with Crippen molar-refractivity contribution in [3.8, 4) is 0 Å². The fourth-order valence-electron chi connectivity index (χ4n) is 2.60. The van der Waals surface area contributed by atoms with Crippen molar-refractivity contribution in [2.24, 2.45) is 11.3 Å². The average Bonchev–Trinajstić information content (AvgIpc) is 1.79. The van der Waals surface area contributed by atoms with Crippen LogP contribution in [-0.4, -0.2) is 15.7 Å². The third kappa shape index (κ3) is 2.97. The summed E-state index contributed by atoms with van der Waals surface area (Å²) in [5.41, 5.74) is 0.280. The van der Waals surface area contributed by atoms with E-state index in [2.05, 4.69) is 20.8 Å². The van der Waals surface area contributed by atoms with Crippen LogP contribution >= 0.6 is 0 Å². The van der Waals surface area contributed by atoms with E-state index in [1.54, 1.807) is 6.26 Å². The van der Waals surface area contributed by atoms with E-state index in [4.69, 9.17) is 4.78 Å². The molecule has 1 fully saturated rings. The van der Waals surface area contributed by atoms with Crippen LogP contribution in [0.15, 0.2) is 0 Å². The van der Waals surface area contributed by atoms with Crippen LogP contribution < -0.4 is 0 Å². The number of hydrogen-bond donors (Lipinski definition) is 1. The van der Waals surface area contributed by atoms with Crippen molar-refractivity contribution in [2.75, 3.05) is 6.26 Å². The minimum atomic E-state index is -2.33. The highest BCUT2D eigenvalue weighted by molar-refractivity contribution is 7.92. The Morgan fingerprint density at radius 3 is 2.31 bits per heavy atom. The first-order chi connectivity index (χ1) is 5.71. The van der Waals surface area contributed by atoms with Crippen LogP contribution in [-0.2, 0) is 9.73 Å². The van der Waals surface area contributed by atoms with Gasteiger partial charge in [-0.1, -0.05) is 20.8 Å². The Balaban J connectivity index is 2.81. The lowest BCUT2D eigenvalue weighted by atomic mass is 9.73. The molecule has 3 heteroatoms. The molecular formula is C10H21NOS. The molecule has 1 rings (SSSR count). The molecule has 0 heterocycles. The Morgan fingerprint density at radius 2 is 1.92 bits per heavy atom. The SMILES string of the molecule is CC1CC(S(C)(=N)=O)CC(C)(C)C1. The molecule has 0 radical (unpaired) electrons. The molecule has 0 bridgehead atoms. The fourth-order valence-corrected chi connectivity index (χ4v) is 4.07. The van der Waals surface area contributed by atoms with E-state index in [-0.39, 0.29) is 10.7 Å². The van der Waals surface area contributed by atoms with Gasteiger partial charge in [0, 0.05) is 21.2 Å². The minimum absolute atomic E-state index is 0.117. The second-order valence-corrected chi connectivity index (χ2v) is 7.91. The zero-order valence-corrected chi connectivity index (χ0v) is 9.91. The predicted molar refractivity (Wildman–Crippen MR) is 57.4 cm³/mol. The van der Waals surface area contributed by atoms with Crippen LogP contribution in [0.1, 0.15) is 40.0 Å². The number of nitrogens with one attached hydrogen (secondary N) is 1. The maximum absolute atomic E-state index is 11.6. The molecule has 3 atom stereocenters. The molecule has 0 aliphatic heterocycles. The van der Waals surface area contributed by atoms with Gasteiger partial charge in [0.05, 0.1) is 0 Å². The molecule has 1 N–H and O–H groups in total. The summed E-state index contributed by atoms with van der Waals surface area (Å²) in [6.45, 7) is 6.65. The molecule has 0 saturated heterocycles. The van der Waals surface area contributed by atoms with E-state index in [1.165, 1.54) is 6.42 Å². The molecular weight excluding hydrogens is 182 g/mol. The van der Waals surface area contributed by atoms with Gasteiger partial charge in [-0.2, -0.15) is 0 Å². The van der Waals surface area contributed by atoms with E-state index < -0.39 is 9.73 Å². The average molecular weight is 203 g/mol. The van der Waals surface area contributed by atoms with Crippen molar-refractivity contribution in [3.63, 3.8) is 0 Å². The molecule has 13 heavy (non-hydrogen) atoms. The lowest BCUT2D eigenvalue weighted by Gasteiger charge is -2.38. The van der Waals surface area contributed by atoms with Gasteiger partial charge in [-0.05, 0) is 30.6 Å². The summed E-state index contributed by atoms with van der Waals surface area (Å²) in [6, 6.07) is 0. The van der Waals surface area contributed by atoms with E-state index >= 15 is 0 Å². The number of hydrogen-bond acceptors (Lipinski definition) is 2. The van der Waals surface area contributed by atoms with Crippen LogP contribution in [0, 0.1) is 16.1 Å². The maximum atomic E-state index is 11.6. The highest BCUT2D eigenvalue weighted by Gasteiger charge is 2.35. The first-order valence-electron chi connectivity index (χ1n) is 4.93. The predicted octanol–water partition coefficient (Wildman–Crippen LogP) is 2.88. The molecule has 1 saturated carbocycles. The summed E-state index contributed by atoms with van der Waals surface area (Å²) >= 11 is 0. The first-order valence-corrected chi connectivity index (χ1v) is 6.96. The lowest BCUT2D eigenvalue weighted by molar-refractivity contribution is 0.195. The molecule has 0 aromatic rings. The standard InChI is InChI=1S/C10H21NOS/c1-8-5-9(13(4,11)12)7-10(2,3)6-8/h8-9,11H,5-7H2,1-4H3. The van der Waals surface area contributed by atoms with E-state index in [9.17, 15) is 4.21 Å². The Bertz CT molecular complexity index is 279. The molecule has 1 aliphatic carbocycles. The quantitative estimate of drug-likeness (QED) is 0.699. The molecule has 3 unspecified atom stereocenters. The van der Waals surface area contributed by atoms with Gasteiger partial charge in [0.25, 0.3) is 0 Å². The summed E-state index contributed by atoms with van der Waals surface area (Å²) in [5, 5.41) is 0.117. The smallest absolute Gasteiger partial charge is 0.0441 e. The summed E-state index contributed by atoms with van der Waals surface area (Å²) in [5.74, 6) is 0.625. The Labute approximate surface area is 82.1 Å². The zero-order valence-electron chi connectivity index (χ0n) is 9.09. The van der Waals surface area contributed by atoms with Crippen molar-refractivity contribution in [3.05, 3.63) is 0 Å². The Hall–Kier alpha value is -0.0500. The van der Waals surface area contributed by atoms with Gasteiger partial charge < -0.3 is 0 Å². The topological polar surface area (TPSA) is 40.9 Å². The van der Waals surface area contributed by atoms with Crippen molar-refractivity contribution < 1.29 is 4.21 Å². The van der Waals surface area contributed by atoms with Crippen LogP contribution in [0.25, 0.3) is 0 Å². The third-order valence-electron chi connectivity index (χ3n) is 2.98. The third-order valence-corrected chi connectivity index (χ3v) is 4.61. The van der Waals surface area contributed by atoms with Crippen molar-refractivity contribution in [1.82, 2.24) is 0 Å². The summed E-state index contributed by atoms with van der Waals surface area (Å²) in [4.78, 5) is 0. The van der Waals surface area contributed by atoms with Crippen molar-refractivity contribution >= 4 is 9.73 Å². The van der Waals surface area contributed by atoms with Crippen LogP contribution in [0.5, 0.6) is 0 Å². The van der Waals surface area contributed by atoms with Gasteiger partial charge in [0.1, 0.15) is 0 Å². The minimum Gasteiger partial charge on any atom is -0.253 e. The first kappa shape index (κ1) is 11.0. The summed E-state index contributed by atoms with van der Waals surface area (Å²) in [7, 11) is -2.33. The van der Waals surface area contributed by atoms with Crippen LogP contribution in [0.2, 0.25) is 0 Å². The molecule has 0 aromatic heterocycles. The fraction of sp³-hybridized carbons (Fsp3) is 1.00.